The van der Waals surface area contributed by atoms with Crippen LogP contribution in [-0.2, 0) is 4.74 Å². The molecule has 0 aliphatic rings. The lowest BCUT2D eigenvalue weighted by atomic mass is 10.3. The third kappa shape index (κ3) is 4.94. The highest BCUT2D eigenvalue weighted by atomic mass is 16.5. The third-order valence-electron chi connectivity index (χ3n) is 3.64. The molecule has 0 aromatic carbocycles. The number of ether oxygens (including phenoxy) is 1. The highest BCUT2D eigenvalue weighted by molar-refractivity contribution is 5.81. The topological polar surface area (TPSA) is 149 Å². The Labute approximate surface area is 145 Å². The molecule has 10 nitrogen and oxygen atoms in total. The summed E-state index contributed by atoms with van der Waals surface area (Å²) in [5, 5.41) is 19.3. The number of nitrogens with zero attached hydrogens (tertiary/aromatic N) is 5. The number of aliphatic hydroxyl groups is 2. The standard InChI is InChI=1S/C15H25N7O3/c1-21(5-3-2-4-16)6-11(7-23)25-12(8-24)22-10-20-13-14(17)18-9-19-15(13)22/h2-3,9-12,23-24H,4-8,16H2,1H3,(H2,17,18,19)/b3-2-/t11-,12-/m1/s1. The molecule has 2 aromatic heterocycles. The first-order valence-electron chi connectivity index (χ1n) is 7.94. The molecule has 2 rings (SSSR count). The number of imidazole rings is 1. The number of fused-ring (bicyclic) bond motifs is 1. The summed E-state index contributed by atoms with van der Waals surface area (Å²) in [4.78, 5) is 14.2. The lowest BCUT2D eigenvalue weighted by molar-refractivity contribution is -0.101. The van der Waals surface area contributed by atoms with Gasteiger partial charge in [-0.1, -0.05) is 12.2 Å². The molecular formula is C15H25N7O3. The molecule has 0 saturated carbocycles. The molecule has 2 aromatic rings. The molecule has 0 saturated heterocycles. The number of rotatable bonds is 10. The first-order valence-corrected chi connectivity index (χ1v) is 7.94. The van der Waals surface area contributed by atoms with Crippen molar-refractivity contribution in [2.24, 2.45) is 5.73 Å². The smallest absolute Gasteiger partial charge is 0.167 e. The number of nitrogen functional groups attached to an aromatic ring is 1. The average Bonchev–Trinajstić information content (AvgIpc) is 3.04. The fraction of sp³-hybridized carbons (Fsp3) is 0.533. The van der Waals surface area contributed by atoms with Gasteiger partial charge in [-0.05, 0) is 7.05 Å². The minimum Gasteiger partial charge on any atom is -0.394 e. The van der Waals surface area contributed by atoms with Gasteiger partial charge in [-0.2, -0.15) is 0 Å². The molecule has 0 unspecified atom stereocenters. The number of aliphatic hydroxyl groups excluding tert-OH is 2. The molecule has 0 aliphatic carbocycles. The van der Waals surface area contributed by atoms with E-state index >= 15 is 0 Å². The molecule has 2 atom stereocenters. The Balaban J connectivity index is 2.08. The lowest BCUT2D eigenvalue weighted by Crippen LogP contribution is -2.36. The van der Waals surface area contributed by atoms with Crippen molar-refractivity contribution in [3.63, 3.8) is 0 Å². The number of aromatic nitrogens is 4. The van der Waals surface area contributed by atoms with E-state index < -0.39 is 12.3 Å². The molecule has 0 fully saturated rings. The Bertz CT molecular complexity index is 691. The van der Waals surface area contributed by atoms with E-state index in [9.17, 15) is 10.2 Å². The van der Waals surface area contributed by atoms with Crippen LogP contribution in [0.25, 0.3) is 11.2 Å². The van der Waals surface area contributed by atoms with Crippen molar-refractivity contribution in [1.29, 1.82) is 0 Å². The summed E-state index contributed by atoms with van der Waals surface area (Å²) in [6.45, 7) is 1.15. The van der Waals surface area contributed by atoms with E-state index in [0.717, 1.165) is 0 Å². The van der Waals surface area contributed by atoms with Gasteiger partial charge >= 0.3 is 0 Å². The molecule has 25 heavy (non-hydrogen) atoms. The van der Waals surface area contributed by atoms with E-state index in [1.807, 2.05) is 24.1 Å². The summed E-state index contributed by atoms with van der Waals surface area (Å²) in [6, 6.07) is 0. The van der Waals surface area contributed by atoms with E-state index in [2.05, 4.69) is 15.0 Å². The summed E-state index contributed by atoms with van der Waals surface area (Å²) in [5.41, 5.74) is 12.1. The van der Waals surface area contributed by atoms with E-state index in [4.69, 9.17) is 16.2 Å². The van der Waals surface area contributed by atoms with Gasteiger partial charge in [-0.25, -0.2) is 15.0 Å². The van der Waals surface area contributed by atoms with Gasteiger partial charge < -0.3 is 31.3 Å². The zero-order chi connectivity index (χ0) is 18.2. The van der Waals surface area contributed by atoms with Gasteiger partial charge in [0.25, 0.3) is 0 Å². The van der Waals surface area contributed by atoms with Crippen molar-refractivity contribution in [1.82, 2.24) is 24.4 Å². The van der Waals surface area contributed by atoms with Crippen molar-refractivity contribution in [2.75, 3.05) is 45.6 Å². The Morgan fingerprint density at radius 1 is 1.28 bits per heavy atom. The first kappa shape index (κ1) is 19.2. The van der Waals surface area contributed by atoms with E-state index in [0.29, 0.717) is 30.8 Å². The summed E-state index contributed by atoms with van der Waals surface area (Å²) < 4.78 is 7.42. The maximum Gasteiger partial charge on any atom is 0.167 e. The fourth-order valence-corrected chi connectivity index (χ4v) is 2.42. The Hall–Kier alpha value is -2.11. The second-order valence-corrected chi connectivity index (χ2v) is 5.59. The minimum absolute atomic E-state index is 0.189. The Morgan fingerprint density at radius 3 is 2.76 bits per heavy atom. The summed E-state index contributed by atoms with van der Waals surface area (Å²) in [6.07, 6.45) is 5.38. The van der Waals surface area contributed by atoms with Gasteiger partial charge in [0, 0.05) is 19.6 Å². The van der Waals surface area contributed by atoms with Crippen molar-refractivity contribution < 1.29 is 14.9 Å². The lowest BCUT2D eigenvalue weighted by Gasteiger charge is -2.26. The van der Waals surface area contributed by atoms with E-state index in [1.165, 1.54) is 12.7 Å². The van der Waals surface area contributed by atoms with Gasteiger partial charge in [0.05, 0.1) is 25.6 Å². The SMILES string of the molecule is CN(C/C=C\CN)C[C@H](CO)O[C@H](CO)n1cnc2c(N)ncnc21. The summed E-state index contributed by atoms with van der Waals surface area (Å²) in [7, 11) is 1.90. The van der Waals surface area contributed by atoms with E-state index in [1.54, 1.807) is 4.57 Å². The zero-order valence-electron chi connectivity index (χ0n) is 14.2. The first-order chi connectivity index (χ1) is 12.1. The zero-order valence-corrected chi connectivity index (χ0v) is 14.2. The van der Waals surface area contributed by atoms with Crippen LogP contribution in [-0.4, -0.2) is 80.6 Å². The molecule has 10 heteroatoms. The molecule has 2 heterocycles. The van der Waals surface area contributed by atoms with Crippen LogP contribution in [0.2, 0.25) is 0 Å². The normalized spacial score (nSPS) is 14.6. The molecule has 0 bridgehead atoms. The molecule has 0 radical (unpaired) electrons. The van der Waals surface area contributed by atoms with Crippen LogP contribution < -0.4 is 11.5 Å². The second-order valence-electron chi connectivity index (χ2n) is 5.59. The maximum atomic E-state index is 9.71. The molecule has 0 spiro atoms. The average molecular weight is 351 g/mol. The number of anilines is 1. The number of likely N-dealkylation sites (N-methyl/N-ethyl adjacent to an activating group) is 1. The van der Waals surface area contributed by atoms with Gasteiger partial charge in [0.2, 0.25) is 0 Å². The molecule has 6 N–H and O–H groups in total. The highest BCUT2D eigenvalue weighted by Gasteiger charge is 2.21. The third-order valence-corrected chi connectivity index (χ3v) is 3.64. The van der Waals surface area contributed by atoms with Crippen molar-refractivity contribution in [3.05, 3.63) is 24.8 Å². The van der Waals surface area contributed by atoms with Crippen molar-refractivity contribution >= 4 is 17.0 Å². The minimum atomic E-state index is -0.746. The van der Waals surface area contributed by atoms with Crippen molar-refractivity contribution in [2.45, 2.75) is 12.3 Å². The predicted octanol–water partition coefficient (Wildman–Crippen LogP) is -1.28. The fourth-order valence-electron chi connectivity index (χ4n) is 2.42. The molecule has 0 amide bonds. The summed E-state index contributed by atoms with van der Waals surface area (Å²) in [5.74, 6) is 0.255. The number of hydrogen-bond acceptors (Lipinski definition) is 9. The van der Waals surface area contributed by atoms with Crippen LogP contribution in [0.5, 0.6) is 0 Å². The van der Waals surface area contributed by atoms with Crippen LogP contribution in [0, 0.1) is 0 Å². The van der Waals surface area contributed by atoms with E-state index in [-0.39, 0.29) is 19.0 Å². The van der Waals surface area contributed by atoms with Crippen LogP contribution in [0.4, 0.5) is 5.82 Å². The van der Waals surface area contributed by atoms with Gasteiger partial charge in [0.1, 0.15) is 11.8 Å². The van der Waals surface area contributed by atoms with Crippen LogP contribution in [0.15, 0.2) is 24.8 Å². The predicted molar refractivity (Wildman–Crippen MR) is 93.5 cm³/mol. The maximum absolute atomic E-state index is 9.71. The van der Waals surface area contributed by atoms with Crippen LogP contribution in [0.1, 0.15) is 6.23 Å². The van der Waals surface area contributed by atoms with Gasteiger partial charge in [0.15, 0.2) is 17.7 Å². The van der Waals surface area contributed by atoms with Crippen molar-refractivity contribution in [3.8, 4) is 0 Å². The largest absolute Gasteiger partial charge is 0.394 e. The number of nitrogens with two attached hydrogens (primary N) is 2. The molecule has 138 valence electrons. The van der Waals surface area contributed by atoms with Gasteiger partial charge in [-0.15, -0.1) is 0 Å². The molecule has 0 aliphatic heterocycles. The number of hydrogen-bond donors (Lipinski definition) is 4. The van der Waals surface area contributed by atoms with Gasteiger partial charge in [-0.3, -0.25) is 4.57 Å². The monoisotopic (exact) mass is 351 g/mol. The quantitative estimate of drug-likeness (QED) is 0.384. The summed E-state index contributed by atoms with van der Waals surface area (Å²) >= 11 is 0. The second kappa shape index (κ2) is 9.39. The Kier molecular flexibility index (Phi) is 7.22. The highest BCUT2D eigenvalue weighted by Crippen LogP contribution is 2.20. The van der Waals surface area contributed by atoms with Crippen LogP contribution in [0.3, 0.4) is 0 Å². The van der Waals surface area contributed by atoms with Crippen LogP contribution >= 0.6 is 0 Å². The molecular weight excluding hydrogens is 326 g/mol. The Morgan fingerprint density at radius 2 is 2.08 bits per heavy atom.